The molecule has 1 aromatic rings. The zero-order valence-electron chi connectivity index (χ0n) is 12.5. The lowest BCUT2D eigenvalue weighted by molar-refractivity contribution is -0.119. The number of anilines is 1. The zero-order valence-corrected chi connectivity index (χ0v) is 12.5. The first kappa shape index (κ1) is 17.3. The predicted octanol–water partition coefficient (Wildman–Crippen LogP) is 0.883. The highest BCUT2D eigenvalue weighted by atomic mass is 19.1. The minimum atomic E-state index is -0.690. The lowest BCUT2D eigenvalue weighted by Gasteiger charge is -2.20. The van der Waals surface area contributed by atoms with Gasteiger partial charge in [-0.3, -0.25) is 4.79 Å². The van der Waals surface area contributed by atoms with Crippen LogP contribution in [0.1, 0.15) is 5.56 Å². The number of ether oxygens (including phenoxy) is 1. The molecule has 7 heteroatoms. The molecule has 0 heterocycles. The van der Waals surface area contributed by atoms with Crippen LogP contribution in [-0.4, -0.2) is 46.8 Å². The molecule has 0 fully saturated rings. The predicted molar refractivity (Wildman–Crippen MR) is 77.3 cm³/mol. The Bertz CT molecular complexity index is 460. The molecule has 0 aliphatic heterocycles. The summed E-state index contributed by atoms with van der Waals surface area (Å²) in [6.45, 7) is 1.35. The van der Waals surface area contributed by atoms with Gasteiger partial charge in [-0.1, -0.05) is 0 Å². The maximum Gasteiger partial charge on any atom is 0.239 e. The van der Waals surface area contributed by atoms with Gasteiger partial charge in [-0.2, -0.15) is 0 Å². The molecule has 21 heavy (non-hydrogen) atoms. The van der Waals surface area contributed by atoms with Crippen molar-refractivity contribution < 1.29 is 18.3 Å². The highest BCUT2D eigenvalue weighted by molar-refractivity contribution is 5.81. The van der Waals surface area contributed by atoms with E-state index in [9.17, 15) is 13.6 Å². The van der Waals surface area contributed by atoms with E-state index in [1.807, 2.05) is 0 Å². The zero-order chi connectivity index (χ0) is 15.8. The molecule has 1 rings (SSSR count). The molecule has 0 aliphatic rings. The summed E-state index contributed by atoms with van der Waals surface area (Å²) in [6.07, 6.45) is 0. The van der Waals surface area contributed by atoms with Crippen LogP contribution in [0.3, 0.4) is 0 Å². The summed E-state index contributed by atoms with van der Waals surface area (Å²) in [5.74, 6) is -1.70. The number of halogens is 2. The second kappa shape index (κ2) is 8.53. The molecule has 1 aromatic carbocycles. The van der Waals surface area contributed by atoms with Crippen LogP contribution in [0.5, 0.6) is 0 Å². The number of amides is 1. The number of methoxy groups -OCH3 is 1. The van der Waals surface area contributed by atoms with E-state index in [0.717, 1.165) is 0 Å². The molecular formula is C14H21F2N3O2. The molecular weight excluding hydrogens is 280 g/mol. The third kappa shape index (κ3) is 5.28. The van der Waals surface area contributed by atoms with Crippen molar-refractivity contribution in [3.05, 3.63) is 29.3 Å². The summed E-state index contributed by atoms with van der Waals surface area (Å²) < 4.78 is 32.9. The molecule has 1 amide bonds. The second-order valence-corrected chi connectivity index (χ2v) is 4.61. The maximum atomic E-state index is 14.0. The Hall–Kier alpha value is -1.73. The first-order chi connectivity index (χ1) is 9.99. The first-order valence-corrected chi connectivity index (χ1v) is 6.58. The van der Waals surface area contributed by atoms with Crippen molar-refractivity contribution in [2.24, 2.45) is 0 Å². The molecule has 0 saturated carbocycles. The fourth-order valence-corrected chi connectivity index (χ4v) is 1.87. The molecule has 0 aromatic heterocycles. The van der Waals surface area contributed by atoms with Gasteiger partial charge in [0.05, 0.1) is 13.2 Å². The highest BCUT2D eigenvalue weighted by Crippen LogP contribution is 2.24. The Morgan fingerprint density at radius 2 is 1.95 bits per heavy atom. The molecule has 0 aliphatic carbocycles. The number of nitrogens with zero attached hydrogens (tertiary/aromatic N) is 1. The van der Waals surface area contributed by atoms with Crippen LogP contribution in [-0.2, 0) is 16.1 Å². The monoisotopic (exact) mass is 301 g/mol. The number of carbonyl (C=O) groups excluding carboxylic acids is 1. The number of likely N-dealkylation sites (N-methyl/N-ethyl adjacent to an activating group) is 2. The van der Waals surface area contributed by atoms with E-state index >= 15 is 0 Å². The van der Waals surface area contributed by atoms with Gasteiger partial charge in [0, 0.05) is 34.3 Å². The third-order valence-electron chi connectivity index (χ3n) is 2.93. The Kier molecular flexibility index (Phi) is 7.04. The highest BCUT2D eigenvalue weighted by Gasteiger charge is 2.17. The summed E-state index contributed by atoms with van der Waals surface area (Å²) in [4.78, 5) is 12.5. The number of rotatable bonds is 8. The molecule has 0 bridgehead atoms. The first-order valence-electron chi connectivity index (χ1n) is 6.58. The van der Waals surface area contributed by atoms with Crippen LogP contribution in [0.25, 0.3) is 0 Å². The summed E-state index contributed by atoms with van der Waals surface area (Å²) in [5, 5.41) is 5.42. The van der Waals surface area contributed by atoms with E-state index < -0.39 is 11.6 Å². The van der Waals surface area contributed by atoms with Crippen LogP contribution < -0.4 is 15.5 Å². The number of nitrogens with one attached hydrogen (secondary N) is 2. The topological polar surface area (TPSA) is 53.6 Å². The molecule has 0 atom stereocenters. The molecule has 5 nitrogen and oxygen atoms in total. The van der Waals surface area contributed by atoms with Gasteiger partial charge in [0.25, 0.3) is 0 Å². The van der Waals surface area contributed by atoms with Crippen molar-refractivity contribution in [3.63, 3.8) is 0 Å². The lowest BCUT2D eigenvalue weighted by Crippen LogP contribution is -2.34. The van der Waals surface area contributed by atoms with E-state index in [2.05, 4.69) is 10.6 Å². The Morgan fingerprint density at radius 1 is 1.33 bits per heavy atom. The Labute approximate surface area is 123 Å². The number of carbonyl (C=O) groups is 1. The van der Waals surface area contributed by atoms with Gasteiger partial charge >= 0.3 is 0 Å². The van der Waals surface area contributed by atoms with Gasteiger partial charge in [0.1, 0.15) is 17.3 Å². The van der Waals surface area contributed by atoms with E-state index in [4.69, 9.17) is 4.74 Å². The van der Waals surface area contributed by atoms with Crippen LogP contribution in [0.15, 0.2) is 12.1 Å². The van der Waals surface area contributed by atoms with Crippen molar-refractivity contribution in [1.29, 1.82) is 0 Å². The smallest absolute Gasteiger partial charge is 0.239 e. The van der Waals surface area contributed by atoms with Gasteiger partial charge in [0.15, 0.2) is 0 Å². The lowest BCUT2D eigenvalue weighted by atomic mass is 10.1. The van der Waals surface area contributed by atoms with Gasteiger partial charge in [-0.05, 0) is 17.7 Å². The maximum absolute atomic E-state index is 14.0. The van der Waals surface area contributed by atoms with Crippen molar-refractivity contribution in [3.8, 4) is 0 Å². The van der Waals surface area contributed by atoms with Crippen LogP contribution in [0, 0.1) is 11.6 Å². The summed E-state index contributed by atoms with van der Waals surface area (Å²) in [7, 11) is 4.52. The molecule has 0 spiro atoms. The van der Waals surface area contributed by atoms with Crippen LogP contribution >= 0.6 is 0 Å². The quantitative estimate of drug-likeness (QED) is 0.700. The molecule has 0 radical (unpaired) electrons. The fraction of sp³-hybridized carbons (Fsp3) is 0.500. The summed E-state index contributed by atoms with van der Waals surface area (Å²) in [6, 6.07) is 2.52. The van der Waals surface area contributed by atoms with Gasteiger partial charge in [0.2, 0.25) is 5.91 Å². The molecule has 0 unspecified atom stereocenters. The normalized spacial score (nSPS) is 10.5. The largest absolute Gasteiger partial charge is 0.383 e. The van der Waals surface area contributed by atoms with Gasteiger partial charge < -0.3 is 20.3 Å². The molecule has 0 saturated heterocycles. The Balaban J connectivity index is 2.77. The van der Waals surface area contributed by atoms with E-state index in [-0.39, 0.29) is 18.1 Å². The molecule has 118 valence electrons. The van der Waals surface area contributed by atoms with Crippen LogP contribution in [0.2, 0.25) is 0 Å². The standard InChI is InChI=1S/C14H21F2N3O2/c1-17-13(20)9-19(2)14-11(15)6-10(7-12(14)16)8-18-4-5-21-3/h6-7,18H,4-5,8-9H2,1-3H3,(H,17,20). The molecule has 2 N–H and O–H groups in total. The Morgan fingerprint density at radius 3 is 2.48 bits per heavy atom. The third-order valence-corrected chi connectivity index (χ3v) is 2.93. The van der Waals surface area contributed by atoms with Gasteiger partial charge in [-0.15, -0.1) is 0 Å². The minimum Gasteiger partial charge on any atom is -0.383 e. The number of hydrogen-bond acceptors (Lipinski definition) is 4. The van der Waals surface area contributed by atoms with E-state index in [1.165, 1.54) is 31.1 Å². The second-order valence-electron chi connectivity index (χ2n) is 4.61. The summed E-state index contributed by atoms with van der Waals surface area (Å²) >= 11 is 0. The van der Waals surface area contributed by atoms with E-state index in [1.54, 1.807) is 7.11 Å². The minimum absolute atomic E-state index is 0.115. The van der Waals surface area contributed by atoms with Crippen molar-refractivity contribution >= 4 is 11.6 Å². The average Bonchev–Trinajstić information content (AvgIpc) is 2.42. The fourth-order valence-electron chi connectivity index (χ4n) is 1.87. The number of hydrogen-bond donors (Lipinski definition) is 2. The van der Waals surface area contributed by atoms with Crippen LogP contribution in [0.4, 0.5) is 14.5 Å². The SMILES string of the molecule is CNC(=O)CN(C)c1c(F)cc(CNCCOC)cc1F. The van der Waals surface area contributed by atoms with Crippen molar-refractivity contribution in [2.45, 2.75) is 6.54 Å². The average molecular weight is 301 g/mol. The van der Waals surface area contributed by atoms with Crippen molar-refractivity contribution in [2.75, 3.05) is 45.8 Å². The summed E-state index contributed by atoms with van der Waals surface area (Å²) in [5.41, 5.74) is 0.289. The van der Waals surface area contributed by atoms with Gasteiger partial charge in [-0.25, -0.2) is 8.78 Å². The van der Waals surface area contributed by atoms with E-state index in [0.29, 0.717) is 25.3 Å². The number of benzene rings is 1. The van der Waals surface area contributed by atoms with Crippen molar-refractivity contribution in [1.82, 2.24) is 10.6 Å².